The van der Waals surface area contributed by atoms with E-state index in [0.29, 0.717) is 5.56 Å². The van der Waals surface area contributed by atoms with Crippen LogP contribution < -0.4 is 16.5 Å². The SMILES string of the molecule is Cc1cc(=O)oc(C)c1C(=O)NNC(=O)[C@@]1(C)C[C@@H]1Br. The van der Waals surface area contributed by atoms with Crippen molar-refractivity contribution in [2.45, 2.75) is 32.0 Å². The van der Waals surface area contributed by atoms with Gasteiger partial charge < -0.3 is 4.42 Å². The smallest absolute Gasteiger partial charge is 0.336 e. The van der Waals surface area contributed by atoms with E-state index in [9.17, 15) is 14.4 Å². The Bertz CT molecular complexity index is 613. The topological polar surface area (TPSA) is 88.4 Å². The molecule has 1 saturated carbocycles. The molecule has 1 aromatic rings. The van der Waals surface area contributed by atoms with Gasteiger partial charge in [0.1, 0.15) is 5.76 Å². The van der Waals surface area contributed by atoms with Crippen LogP contribution in [0.2, 0.25) is 0 Å². The van der Waals surface area contributed by atoms with Crippen molar-refractivity contribution in [1.29, 1.82) is 0 Å². The van der Waals surface area contributed by atoms with Gasteiger partial charge in [-0.3, -0.25) is 20.4 Å². The predicted octanol–water partition coefficient (Wildman–Crippen LogP) is 1.19. The van der Waals surface area contributed by atoms with E-state index in [4.69, 9.17) is 4.42 Å². The zero-order valence-electron chi connectivity index (χ0n) is 11.4. The van der Waals surface area contributed by atoms with Crippen LogP contribution in [0.1, 0.15) is 35.0 Å². The minimum Gasteiger partial charge on any atom is -0.427 e. The first-order valence-electron chi connectivity index (χ1n) is 6.12. The summed E-state index contributed by atoms with van der Waals surface area (Å²) in [4.78, 5) is 35.2. The summed E-state index contributed by atoms with van der Waals surface area (Å²) in [6.45, 7) is 4.98. The maximum atomic E-state index is 12.0. The van der Waals surface area contributed by atoms with Gasteiger partial charge in [-0.1, -0.05) is 15.9 Å². The molecule has 108 valence electrons. The van der Waals surface area contributed by atoms with E-state index < -0.39 is 16.9 Å². The number of alkyl halides is 1. The van der Waals surface area contributed by atoms with Crippen LogP contribution in [0.4, 0.5) is 0 Å². The maximum Gasteiger partial charge on any atom is 0.336 e. The maximum absolute atomic E-state index is 12.0. The molecule has 0 aliphatic heterocycles. The summed E-state index contributed by atoms with van der Waals surface area (Å²) in [7, 11) is 0. The summed E-state index contributed by atoms with van der Waals surface area (Å²) >= 11 is 3.37. The molecular weight excluding hydrogens is 328 g/mol. The van der Waals surface area contributed by atoms with Gasteiger partial charge in [0.25, 0.3) is 5.91 Å². The number of hydrogen-bond acceptors (Lipinski definition) is 4. The third-order valence-electron chi connectivity index (χ3n) is 3.50. The normalized spacial score (nSPS) is 24.1. The Balaban J connectivity index is 2.06. The van der Waals surface area contributed by atoms with Gasteiger partial charge >= 0.3 is 5.63 Å². The molecule has 1 aliphatic carbocycles. The summed E-state index contributed by atoms with van der Waals surface area (Å²) in [6, 6.07) is 1.24. The molecule has 2 rings (SSSR count). The van der Waals surface area contributed by atoms with E-state index in [1.165, 1.54) is 13.0 Å². The minimum atomic E-state index is -0.507. The van der Waals surface area contributed by atoms with Crippen LogP contribution in [-0.2, 0) is 4.79 Å². The lowest BCUT2D eigenvalue weighted by atomic mass is 10.1. The van der Waals surface area contributed by atoms with Gasteiger partial charge in [0.2, 0.25) is 5.91 Å². The average Bonchev–Trinajstić information content (AvgIpc) is 2.94. The fraction of sp³-hybridized carbons (Fsp3) is 0.462. The Labute approximate surface area is 124 Å². The minimum absolute atomic E-state index is 0.130. The molecule has 0 radical (unpaired) electrons. The van der Waals surface area contributed by atoms with Crippen LogP contribution in [0.5, 0.6) is 0 Å². The van der Waals surface area contributed by atoms with Gasteiger partial charge in [0.05, 0.1) is 11.0 Å². The molecule has 0 spiro atoms. The highest BCUT2D eigenvalue weighted by Gasteiger charge is 2.54. The molecule has 0 unspecified atom stereocenters. The van der Waals surface area contributed by atoms with Crippen molar-refractivity contribution in [2.75, 3.05) is 0 Å². The molecule has 20 heavy (non-hydrogen) atoms. The molecule has 1 heterocycles. The molecule has 1 aromatic heterocycles. The van der Waals surface area contributed by atoms with Crippen molar-refractivity contribution in [3.63, 3.8) is 0 Å². The molecule has 0 bridgehead atoms. The number of halogens is 1. The lowest BCUT2D eigenvalue weighted by Gasteiger charge is -2.13. The molecule has 1 aliphatic rings. The average molecular weight is 343 g/mol. The van der Waals surface area contributed by atoms with Crippen LogP contribution in [0.15, 0.2) is 15.3 Å². The van der Waals surface area contributed by atoms with Crippen LogP contribution in [0.25, 0.3) is 0 Å². The first kappa shape index (κ1) is 14.8. The van der Waals surface area contributed by atoms with Crippen molar-refractivity contribution >= 4 is 27.7 Å². The highest BCUT2D eigenvalue weighted by atomic mass is 79.9. The fourth-order valence-corrected chi connectivity index (χ4v) is 2.84. The Hall–Kier alpha value is -1.63. The van der Waals surface area contributed by atoms with E-state index in [2.05, 4.69) is 26.8 Å². The van der Waals surface area contributed by atoms with Crippen molar-refractivity contribution in [3.8, 4) is 0 Å². The monoisotopic (exact) mass is 342 g/mol. The molecule has 2 atom stereocenters. The highest BCUT2D eigenvalue weighted by molar-refractivity contribution is 9.09. The zero-order valence-corrected chi connectivity index (χ0v) is 13.0. The van der Waals surface area contributed by atoms with E-state index >= 15 is 0 Å². The van der Waals surface area contributed by atoms with Gasteiger partial charge in [-0.2, -0.15) is 0 Å². The molecular formula is C13H15BrN2O4. The van der Waals surface area contributed by atoms with Crippen molar-refractivity contribution in [3.05, 3.63) is 33.4 Å². The third kappa shape index (κ3) is 2.63. The number of carbonyl (C=O) groups is 2. The van der Waals surface area contributed by atoms with Gasteiger partial charge in [-0.25, -0.2) is 4.79 Å². The largest absolute Gasteiger partial charge is 0.427 e. The van der Waals surface area contributed by atoms with E-state index in [1.807, 2.05) is 6.92 Å². The van der Waals surface area contributed by atoms with E-state index in [0.717, 1.165) is 6.42 Å². The first-order valence-corrected chi connectivity index (χ1v) is 7.03. The van der Waals surface area contributed by atoms with E-state index in [1.54, 1.807) is 6.92 Å². The summed E-state index contributed by atoms with van der Waals surface area (Å²) in [6.07, 6.45) is 0.729. The lowest BCUT2D eigenvalue weighted by molar-refractivity contribution is -0.126. The van der Waals surface area contributed by atoms with Gasteiger partial charge in [0, 0.05) is 10.9 Å². The highest BCUT2D eigenvalue weighted by Crippen LogP contribution is 2.51. The van der Waals surface area contributed by atoms with Crippen LogP contribution in [0, 0.1) is 19.3 Å². The van der Waals surface area contributed by atoms with Crippen LogP contribution in [-0.4, -0.2) is 16.6 Å². The Morgan fingerprint density at radius 1 is 1.40 bits per heavy atom. The Morgan fingerprint density at radius 2 is 2.00 bits per heavy atom. The zero-order chi connectivity index (χ0) is 15.1. The Morgan fingerprint density at radius 3 is 2.50 bits per heavy atom. The summed E-state index contributed by atoms with van der Waals surface area (Å²) < 4.78 is 4.88. The molecule has 1 fully saturated rings. The third-order valence-corrected chi connectivity index (χ3v) is 4.84. The standard InChI is InChI=1S/C13H15BrN2O4/c1-6-4-9(17)20-7(2)10(6)11(18)15-16-12(19)13(3)5-8(13)14/h4,8H,5H2,1-3H3,(H,15,18)(H,16,19)/t8-,13-/m0/s1. The number of hydrogen-bond donors (Lipinski definition) is 2. The first-order chi connectivity index (χ1) is 9.25. The fourth-order valence-electron chi connectivity index (χ4n) is 1.96. The van der Waals surface area contributed by atoms with Crippen molar-refractivity contribution in [1.82, 2.24) is 10.9 Å². The second-order valence-corrected chi connectivity index (χ2v) is 6.28. The number of rotatable bonds is 2. The molecule has 7 heteroatoms. The van der Waals surface area contributed by atoms with Gasteiger partial charge in [0.15, 0.2) is 0 Å². The summed E-state index contributed by atoms with van der Waals surface area (Å²) in [5.74, 6) is -0.536. The second-order valence-electron chi connectivity index (χ2n) is 5.18. The van der Waals surface area contributed by atoms with Crippen molar-refractivity contribution < 1.29 is 14.0 Å². The molecule has 2 N–H and O–H groups in total. The molecule has 2 amide bonds. The number of carbonyl (C=O) groups excluding carboxylic acids is 2. The molecule has 0 saturated heterocycles. The molecule has 0 aromatic carbocycles. The number of hydrazine groups is 1. The van der Waals surface area contributed by atoms with Gasteiger partial charge in [-0.15, -0.1) is 0 Å². The van der Waals surface area contributed by atoms with Crippen molar-refractivity contribution in [2.24, 2.45) is 5.41 Å². The second kappa shape index (κ2) is 5.05. The molecule has 6 nitrogen and oxygen atoms in total. The van der Waals surface area contributed by atoms with E-state index in [-0.39, 0.29) is 22.1 Å². The number of amides is 2. The number of nitrogens with one attached hydrogen (secondary N) is 2. The lowest BCUT2D eigenvalue weighted by Crippen LogP contribution is -2.45. The van der Waals surface area contributed by atoms with Gasteiger partial charge in [-0.05, 0) is 32.8 Å². The summed E-state index contributed by atoms with van der Waals surface area (Å²) in [5.41, 5.74) is 4.50. The van der Waals surface area contributed by atoms with Crippen LogP contribution in [0.3, 0.4) is 0 Å². The quantitative estimate of drug-likeness (QED) is 0.624. The summed E-state index contributed by atoms with van der Waals surface area (Å²) in [5, 5.41) is 0. The van der Waals surface area contributed by atoms with Crippen LogP contribution >= 0.6 is 15.9 Å². The number of aryl methyl sites for hydroxylation is 2. The predicted molar refractivity (Wildman–Crippen MR) is 75.5 cm³/mol. The Kier molecular flexibility index (Phi) is 3.73.